The highest BCUT2D eigenvalue weighted by molar-refractivity contribution is 6.21. The average Bonchev–Trinajstić information content (AvgIpc) is 2.05. The summed E-state index contributed by atoms with van der Waals surface area (Å²) >= 11 is 11.1. The van der Waals surface area contributed by atoms with E-state index in [0.29, 0.717) is 11.8 Å². The molecular formula is C8H17Cl2NO2. The van der Waals surface area contributed by atoms with E-state index in [4.69, 9.17) is 27.9 Å². The quantitative estimate of drug-likeness (QED) is 0.509. The molecule has 0 heterocycles. The lowest BCUT2D eigenvalue weighted by atomic mass is 10.4. The molecule has 0 aliphatic rings. The van der Waals surface area contributed by atoms with Crippen LogP contribution in [0.4, 0.5) is 0 Å². The molecule has 0 radical (unpaired) electrons. The number of nitrogens with one attached hydrogen (secondary N) is 1. The van der Waals surface area contributed by atoms with Gasteiger partial charge in [0.15, 0.2) is 0 Å². The van der Waals surface area contributed by atoms with Crippen LogP contribution in [-0.4, -0.2) is 41.8 Å². The summed E-state index contributed by atoms with van der Waals surface area (Å²) in [7, 11) is 0. The first kappa shape index (κ1) is 13.5. The third-order valence-corrected chi connectivity index (χ3v) is 2.05. The molecule has 1 unspecified atom stereocenters. The van der Waals surface area contributed by atoms with Gasteiger partial charge >= 0.3 is 0 Å². The van der Waals surface area contributed by atoms with Gasteiger partial charge in [-0.2, -0.15) is 0 Å². The van der Waals surface area contributed by atoms with E-state index in [-0.39, 0.29) is 18.8 Å². The maximum Gasteiger partial charge on any atom is 0.128 e. The summed E-state index contributed by atoms with van der Waals surface area (Å²) < 4.78 is 5.23. The Balaban J connectivity index is 3.49. The number of rotatable bonds is 7. The van der Waals surface area contributed by atoms with Crippen LogP contribution in [0.15, 0.2) is 0 Å². The Morgan fingerprint density at radius 3 is 2.23 bits per heavy atom. The summed E-state index contributed by atoms with van der Waals surface area (Å²) in [6.07, 6.45) is -0.846. The number of hydrogen-bond acceptors (Lipinski definition) is 3. The summed E-state index contributed by atoms with van der Waals surface area (Å²) in [6.45, 7) is 4.11. The molecule has 0 aromatic carbocycles. The zero-order chi connectivity index (χ0) is 10.3. The summed E-state index contributed by atoms with van der Waals surface area (Å²) in [6, 6.07) is 0.226. The molecule has 3 nitrogen and oxygen atoms in total. The molecule has 0 bridgehead atoms. The van der Waals surface area contributed by atoms with Gasteiger partial charge < -0.3 is 9.84 Å². The van der Waals surface area contributed by atoms with Gasteiger partial charge in [-0.05, 0) is 13.8 Å². The molecule has 0 aliphatic carbocycles. The Hall–Kier alpha value is 0.460. The first-order chi connectivity index (χ1) is 6.10. The Morgan fingerprint density at radius 1 is 1.31 bits per heavy atom. The molecule has 13 heavy (non-hydrogen) atoms. The van der Waals surface area contributed by atoms with Crippen molar-refractivity contribution in [2.45, 2.75) is 32.2 Å². The number of aliphatic hydroxyl groups is 1. The van der Waals surface area contributed by atoms with E-state index < -0.39 is 6.23 Å². The topological polar surface area (TPSA) is 41.5 Å². The Labute approximate surface area is 89.4 Å². The summed E-state index contributed by atoms with van der Waals surface area (Å²) in [4.78, 5) is 0. The van der Waals surface area contributed by atoms with Gasteiger partial charge in [-0.25, -0.2) is 0 Å². The van der Waals surface area contributed by atoms with E-state index in [1.54, 1.807) is 0 Å². The van der Waals surface area contributed by atoms with Gasteiger partial charge in [-0.3, -0.25) is 5.32 Å². The number of halogens is 2. The Bertz CT molecular complexity index is 121. The van der Waals surface area contributed by atoms with Crippen molar-refractivity contribution in [3.8, 4) is 0 Å². The molecule has 1 atom stereocenters. The van der Waals surface area contributed by atoms with Crippen LogP contribution < -0.4 is 5.32 Å². The van der Waals surface area contributed by atoms with Crippen molar-refractivity contribution < 1.29 is 9.84 Å². The van der Waals surface area contributed by atoms with Crippen LogP contribution in [0.5, 0.6) is 0 Å². The molecule has 0 fully saturated rings. The highest BCUT2D eigenvalue weighted by Gasteiger charge is 2.10. The minimum atomic E-state index is -0.658. The Morgan fingerprint density at radius 2 is 1.85 bits per heavy atom. The molecule has 0 aromatic heterocycles. The number of alkyl halides is 2. The van der Waals surface area contributed by atoms with Crippen LogP contribution in [0.3, 0.4) is 0 Å². The molecule has 80 valence electrons. The fourth-order valence-corrected chi connectivity index (χ4v) is 1.30. The normalized spacial score (nSPS) is 14.1. The SMILES string of the molecule is CC(C)NC(O)COC(CCl)CCl. The van der Waals surface area contributed by atoms with Gasteiger partial charge in [0, 0.05) is 17.8 Å². The number of aliphatic hydroxyl groups excluding tert-OH is 1. The first-order valence-electron chi connectivity index (χ1n) is 4.27. The molecule has 0 rings (SSSR count). The van der Waals surface area contributed by atoms with E-state index in [2.05, 4.69) is 5.32 Å². The third kappa shape index (κ3) is 7.52. The van der Waals surface area contributed by atoms with E-state index >= 15 is 0 Å². The summed E-state index contributed by atoms with van der Waals surface area (Å²) in [5.41, 5.74) is 0. The molecule has 0 saturated carbocycles. The second-order valence-corrected chi connectivity index (χ2v) is 3.72. The highest BCUT2D eigenvalue weighted by Crippen LogP contribution is 1.99. The molecular weight excluding hydrogens is 213 g/mol. The fraction of sp³-hybridized carbons (Fsp3) is 1.00. The standard InChI is InChI=1S/C8H17Cl2NO2/c1-6(2)11-8(12)5-13-7(3-9)4-10/h6-8,11-12H,3-5H2,1-2H3. The fourth-order valence-electron chi connectivity index (χ4n) is 0.790. The van der Waals surface area contributed by atoms with Gasteiger partial charge in [0.25, 0.3) is 0 Å². The van der Waals surface area contributed by atoms with E-state index in [1.807, 2.05) is 13.8 Å². The molecule has 0 spiro atoms. The minimum absolute atomic E-state index is 0.188. The van der Waals surface area contributed by atoms with Crippen LogP contribution >= 0.6 is 23.2 Å². The largest absolute Gasteiger partial charge is 0.376 e. The maximum atomic E-state index is 9.34. The summed E-state index contributed by atoms with van der Waals surface area (Å²) in [5.74, 6) is 0.690. The molecule has 0 amide bonds. The van der Waals surface area contributed by atoms with Crippen molar-refractivity contribution in [3.63, 3.8) is 0 Å². The van der Waals surface area contributed by atoms with Crippen LogP contribution in [0, 0.1) is 0 Å². The van der Waals surface area contributed by atoms with Crippen molar-refractivity contribution in [3.05, 3.63) is 0 Å². The zero-order valence-corrected chi connectivity index (χ0v) is 9.48. The van der Waals surface area contributed by atoms with Crippen molar-refractivity contribution >= 4 is 23.2 Å². The summed E-state index contributed by atoms with van der Waals surface area (Å²) in [5, 5.41) is 12.2. The lowest BCUT2D eigenvalue weighted by molar-refractivity contribution is -0.00933. The smallest absolute Gasteiger partial charge is 0.128 e. The van der Waals surface area contributed by atoms with Crippen LogP contribution in [0.25, 0.3) is 0 Å². The van der Waals surface area contributed by atoms with Crippen LogP contribution in [-0.2, 0) is 4.74 Å². The number of hydrogen-bond donors (Lipinski definition) is 2. The van der Waals surface area contributed by atoms with Crippen molar-refractivity contribution in [1.29, 1.82) is 0 Å². The molecule has 5 heteroatoms. The first-order valence-corrected chi connectivity index (χ1v) is 5.34. The van der Waals surface area contributed by atoms with E-state index in [1.165, 1.54) is 0 Å². The maximum absolute atomic E-state index is 9.34. The van der Waals surface area contributed by atoms with E-state index in [9.17, 15) is 5.11 Å². The lowest BCUT2D eigenvalue weighted by Crippen LogP contribution is -2.39. The zero-order valence-electron chi connectivity index (χ0n) is 7.96. The van der Waals surface area contributed by atoms with Gasteiger partial charge in [-0.15, -0.1) is 23.2 Å². The highest BCUT2D eigenvalue weighted by atomic mass is 35.5. The number of ether oxygens (including phenoxy) is 1. The monoisotopic (exact) mass is 229 g/mol. The molecule has 0 saturated heterocycles. The predicted octanol–water partition coefficient (Wildman–Crippen LogP) is 1.17. The van der Waals surface area contributed by atoms with Crippen molar-refractivity contribution in [2.75, 3.05) is 18.4 Å². The molecule has 2 N–H and O–H groups in total. The Kier molecular flexibility index (Phi) is 8.10. The van der Waals surface area contributed by atoms with Gasteiger partial charge in [0.2, 0.25) is 0 Å². The molecule has 0 aliphatic heterocycles. The average molecular weight is 230 g/mol. The van der Waals surface area contributed by atoms with Gasteiger partial charge in [-0.1, -0.05) is 0 Å². The van der Waals surface area contributed by atoms with E-state index in [0.717, 1.165) is 0 Å². The predicted molar refractivity (Wildman–Crippen MR) is 55.5 cm³/mol. The molecule has 0 aromatic rings. The second-order valence-electron chi connectivity index (χ2n) is 3.10. The second kappa shape index (κ2) is 7.83. The van der Waals surface area contributed by atoms with Crippen molar-refractivity contribution in [1.82, 2.24) is 5.32 Å². The van der Waals surface area contributed by atoms with Crippen molar-refractivity contribution in [2.24, 2.45) is 0 Å². The van der Waals surface area contributed by atoms with Gasteiger partial charge in [0.05, 0.1) is 12.7 Å². The third-order valence-electron chi connectivity index (χ3n) is 1.36. The lowest BCUT2D eigenvalue weighted by Gasteiger charge is -2.18. The van der Waals surface area contributed by atoms with Crippen LogP contribution in [0.2, 0.25) is 0 Å². The minimum Gasteiger partial charge on any atom is -0.376 e. The van der Waals surface area contributed by atoms with Crippen LogP contribution in [0.1, 0.15) is 13.8 Å². The van der Waals surface area contributed by atoms with Gasteiger partial charge in [0.1, 0.15) is 6.23 Å².